The third kappa shape index (κ3) is 1.91. The van der Waals surface area contributed by atoms with Crippen molar-refractivity contribution in [2.75, 3.05) is 13.6 Å². The Kier molecular flexibility index (Phi) is 2.64. The van der Waals surface area contributed by atoms with E-state index in [1.807, 2.05) is 0 Å². The van der Waals surface area contributed by atoms with Crippen LogP contribution < -0.4 is 0 Å². The molecule has 0 radical (unpaired) electrons. The van der Waals surface area contributed by atoms with E-state index in [1.165, 1.54) is 0 Å². The summed E-state index contributed by atoms with van der Waals surface area (Å²) in [4.78, 5) is 23.7. The Balaban J connectivity index is 2.17. The molecule has 1 aliphatic rings. The van der Waals surface area contributed by atoms with E-state index in [0.29, 0.717) is 13.0 Å². The highest BCUT2D eigenvalue weighted by atomic mass is 16.4. The van der Waals surface area contributed by atoms with Gasteiger partial charge in [0.25, 0.3) is 0 Å². The molecule has 1 amide bonds. The smallest absolute Gasteiger partial charge is 0.335 e. The number of likely N-dealkylation sites (N-methyl/N-ethyl adjacent to an activating group) is 1. The maximum Gasteiger partial charge on any atom is 0.335 e. The van der Waals surface area contributed by atoms with Crippen LogP contribution in [0.1, 0.15) is 28.3 Å². The van der Waals surface area contributed by atoms with E-state index < -0.39 is 5.97 Å². The third-order valence-electron chi connectivity index (χ3n) is 2.97. The monoisotopic (exact) mass is 219 g/mol. The number of rotatable bonds is 2. The fraction of sp³-hybridized carbons (Fsp3) is 0.333. The van der Waals surface area contributed by atoms with Crippen LogP contribution in [0.2, 0.25) is 0 Å². The summed E-state index contributed by atoms with van der Waals surface area (Å²) in [5.41, 5.74) is 1.31. The number of benzene rings is 1. The van der Waals surface area contributed by atoms with Crippen LogP contribution in [0.25, 0.3) is 0 Å². The van der Waals surface area contributed by atoms with Gasteiger partial charge in [0.15, 0.2) is 0 Å². The summed E-state index contributed by atoms with van der Waals surface area (Å²) < 4.78 is 0. The number of amides is 1. The summed E-state index contributed by atoms with van der Waals surface area (Å²) in [5, 5.41) is 8.76. The van der Waals surface area contributed by atoms with Crippen LogP contribution in [0.5, 0.6) is 0 Å². The quantitative estimate of drug-likeness (QED) is 0.816. The standard InChI is InChI=1S/C12H13NO3/c1-13-7-10(6-11(13)14)8-2-4-9(5-3-8)12(15)16/h2-5,10H,6-7H2,1H3,(H,15,16). The highest BCUT2D eigenvalue weighted by Crippen LogP contribution is 2.27. The van der Waals surface area contributed by atoms with E-state index in [0.717, 1.165) is 5.56 Å². The van der Waals surface area contributed by atoms with Crippen molar-refractivity contribution in [1.82, 2.24) is 4.90 Å². The molecule has 0 spiro atoms. The first-order valence-corrected chi connectivity index (χ1v) is 5.15. The SMILES string of the molecule is CN1CC(c2ccc(C(=O)O)cc2)CC1=O. The molecule has 2 rings (SSSR count). The second-order valence-corrected chi connectivity index (χ2v) is 4.10. The van der Waals surface area contributed by atoms with Crippen LogP contribution in [0.3, 0.4) is 0 Å². The molecule has 1 heterocycles. The summed E-state index contributed by atoms with van der Waals surface area (Å²) in [6.45, 7) is 0.714. The van der Waals surface area contributed by atoms with Gasteiger partial charge in [0.2, 0.25) is 5.91 Å². The first-order valence-electron chi connectivity index (χ1n) is 5.15. The Morgan fingerprint density at radius 1 is 1.38 bits per heavy atom. The second-order valence-electron chi connectivity index (χ2n) is 4.10. The van der Waals surface area contributed by atoms with E-state index >= 15 is 0 Å². The average Bonchev–Trinajstić information content (AvgIpc) is 2.59. The van der Waals surface area contributed by atoms with Gasteiger partial charge in [-0.3, -0.25) is 4.79 Å². The van der Waals surface area contributed by atoms with Crippen molar-refractivity contribution in [1.29, 1.82) is 0 Å². The van der Waals surface area contributed by atoms with E-state index in [1.54, 1.807) is 36.2 Å². The highest BCUT2D eigenvalue weighted by Gasteiger charge is 2.27. The van der Waals surface area contributed by atoms with Crippen molar-refractivity contribution in [3.8, 4) is 0 Å². The van der Waals surface area contributed by atoms with Gasteiger partial charge in [0.1, 0.15) is 0 Å². The maximum absolute atomic E-state index is 11.4. The summed E-state index contributed by atoms with van der Waals surface area (Å²) in [6, 6.07) is 6.75. The molecule has 0 aromatic heterocycles. The molecule has 1 aliphatic heterocycles. The molecular weight excluding hydrogens is 206 g/mol. The fourth-order valence-corrected chi connectivity index (χ4v) is 1.98. The van der Waals surface area contributed by atoms with E-state index in [4.69, 9.17) is 5.11 Å². The lowest BCUT2D eigenvalue weighted by Crippen LogP contribution is -2.18. The third-order valence-corrected chi connectivity index (χ3v) is 2.97. The number of carboxylic acids is 1. The van der Waals surface area contributed by atoms with Crippen LogP contribution in [0, 0.1) is 0 Å². The zero-order valence-electron chi connectivity index (χ0n) is 9.01. The van der Waals surface area contributed by atoms with Crippen LogP contribution in [-0.2, 0) is 4.79 Å². The van der Waals surface area contributed by atoms with Gasteiger partial charge >= 0.3 is 5.97 Å². The highest BCUT2D eigenvalue weighted by molar-refractivity contribution is 5.87. The van der Waals surface area contributed by atoms with Gasteiger partial charge in [-0.25, -0.2) is 4.79 Å². The summed E-state index contributed by atoms with van der Waals surface area (Å²) >= 11 is 0. The van der Waals surface area contributed by atoms with Crippen LogP contribution >= 0.6 is 0 Å². The molecule has 0 bridgehead atoms. The number of nitrogens with zero attached hydrogens (tertiary/aromatic N) is 1. The van der Waals surface area contributed by atoms with Crippen molar-refractivity contribution in [2.24, 2.45) is 0 Å². The van der Waals surface area contributed by atoms with Crippen LogP contribution in [0.4, 0.5) is 0 Å². The summed E-state index contributed by atoms with van der Waals surface area (Å²) in [7, 11) is 1.79. The molecular formula is C12H13NO3. The number of carbonyl (C=O) groups excluding carboxylic acids is 1. The van der Waals surface area contributed by atoms with Gasteiger partial charge in [-0.15, -0.1) is 0 Å². The normalized spacial score (nSPS) is 20.2. The lowest BCUT2D eigenvalue weighted by molar-refractivity contribution is -0.126. The van der Waals surface area contributed by atoms with Gasteiger partial charge < -0.3 is 10.0 Å². The average molecular weight is 219 g/mol. The minimum absolute atomic E-state index is 0.146. The van der Waals surface area contributed by atoms with E-state index in [-0.39, 0.29) is 17.4 Å². The minimum Gasteiger partial charge on any atom is -0.478 e. The van der Waals surface area contributed by atoms with Crippen molar-refractivity contribution in [2.45, 2.75) is 12.3 Å². The molecule has 4 heteroatoms. The zero-order valence-corrected chi connectivity index (χ0v) is 9.01. The lowest BCUT2D eigenvalue weighted by atomic mass is 9.97. The largest absolute Gasteiger partial charge is 0.478 e. The molecule has 1 aromatic carbocycles. The first-order chi connectivity index (χ1) is 7.58. The second kappa shape index (κ2) is 3.96. The van der Waals surface area contributed by atoms with E-state index in [9.17, 15) is 9.59 Å². The van der Waals surface area contributed by atoms with E-state index in [2.05, 4.69) is 0 Å². The molecule has 16 heavy (non-hydrogen) atoms. The minimum atomic E-state index is -0.925. The number of likely N-dealkylation sites (tertiary alicyclic amines) is 1. The fourth-order valence-electron chi connectivity index (χ4n) is 1.98. The number of hydrogen-bond donors (Lipinski definition) is 1. The van der Waals surface area contributed by atoms with Crippen LogP contribution in [-0.4, -0.2) is 35.5 Å². The molecule has 1 fully saturated rings. The molecule has 1 atom stereocenters. The predicted octanol–water partition coefficient (Wildman–Crippen LogP) is 1.33. The predicted molar refractivity (Wildman–Crippen MR) is 58.4 cm³/mol. The van der Waals surface area contributed by atoms with Gasteiger partial charge in [-0.05, 0) is 17.7 Å². The Morgan fingerprint density at radius 3 is 2.44 bits per heavy atom. The zero-order chi connectivity index (χ0) is 11.7. The molecule has 1 N–H and O–H groups in total. The summed E-state index contributed by atoms with van der Waals surface area (Å²) in [6.07, 6.45) is 0.517. The number of carbonyl (C=O) groups is 2. The molecule has 0 saturated carbocycles. The Labute approximate surface area is 93.5 Å². The molecule has 1 aromatic rings. The number of aromatic carboxylic acids is 1. The topological polar surface area (TPSA) is 57.6 Å². The molecule has 1 unspecified atom stereocenters. The van der Waals surface area contributed by atoms with Gasteiger partial charge in [0, 0.05) is 25.9 Å². The van der Waals surface area contributed by atoms with Gasteiger partial charge in [0.05, 0.1) is 5.56 Å². The van der Waals surface area contributed by atoms with Crippen LogP contribution in [0.15, 0.2) is 24.3 Å². The lowest BCUT2D eigenvalue weighted by Gasteiger charge is -2.10. The Morgan fingerprint density at radius 2 is 2.00 bits per heavy atom. The maximum atomic E-state index is 11.4. The summed E-state index contributed by atoms with van der Waals surface area (Å²) in [5.74, 6) is -0.584. The number of hydrogen-bond acceptors (Lipinski definition) is 2. The van der Waals surface area contributed by atoms with Crippen molar-refractivity contribution in [3.05, 3.63) is 35.4 Å². The molecule has 4 nitrogen and oxygen atoms in total. The van der Waals surface area contributed by atoms with Crippen molar-refractivity contribution in [3.63, 3.8) is 0 Å². The number of carboxylic acid groups (broad SMARTS) is 1. The van der Waals surface area contributed by atoms with Gasteiger partial charge in [-0.2, -0.15) is 0 Å². The molecule has 1 saturated heterocycles. The Hall–Kier alpha value is -1.84. The van der Waals surface area contributed by atoms with Gasteiger partial charge in [-0.1, -0.05) is 12.1 Å². The molecule has 0 aliphatic carbocycles. The first kappa shape index (κ1) is 10.7. The Bertz CT molecular complexity index is 424. The van der Waals surface area contributed by atoms with Crippen molar-refractivity contribution >= 4 is 11.9 Å². The van der Waals surface area contributed by atoms with Crippen molar-refractivity contribution < 1.29 is 14.7 Å². The molecule has 84 valence electrons.